The largest absolute Gasteiger partial charge is 0.375 e. The first-order chi connectivity index (χ1) is 7.70. The standard InChI is InChI=1S/C10H19NO.2C2H6/c1-9-7-10(12-8-9)3-5-11(2)6-4-10;2*1-2/h9H,3-8H2,1-2H3;2*1-2H3. The first-order valence-corrected chi connectivity index (χ1v) is 7.03. The molecule has 0 aromatic rings. The Balaban J connectivity index is 0.000000509. The lowest BCUT2D eigenvalue weighted by molar-refractivity contribution is -0.0394. The van der Waals surface area contributed by atoms with E-state index in [2.05, 4.69) is 18.9 Å². The highest BCUT2D eigenvalue weighted by Crippen LogP contribution is 2.37. The van der Waals surface area contributed by atoms with Crippen LogP contribution in [0.15, 0.2) is 0 Å². The Bertz CT molecular complexity index is 162. The second-order valence-corrected chi connectivity index (χ2v) is 4.61. The fraction of sp³-hybridized carbons (Fsp3) is 1.00. The summed E-state index contributed by atoms with van der Waals surface area (Å²) in [6.07, 6.45) is 3.78. The van der Waals surface area contributed by atoms with Crippen LogP contribution < -0.4 is 0 Å². The van der Waals surface area contributed by atoms with Gasteiger partial charge in [0.15, 0.2) is 0 Å². The lowest BCUT2D eigenvalue weighted by atomic mass is 9.86. The van der Waals surface area contributed by atoms with E-state index in [0.717, 1.165) is 12.5 Å². The third-order valence-corrected chi connectivity index (χ3v) is 3.29. The van der Waals surface area contributed by atoms with Crippen LogP contribution in [-0.2, 0) is 4.74 Å². The lowest BCUT2D eigenvalue weighted by Gasteiger charge is -2.37. The second kappa shape index (κ2) is 8.08. The molecule has 2 heterocycles. The van der Waals surface area contributed by atoms with E-state index in [9.17, 15) is 0 Å². The highest BCUT2D eigenvalue weighted by molar-refractivity contribution is 4.91. The zero-order valence-corrected chi connectivity index (χ0v) is 12.2. The number of hydrogen-bond donors (Lipinski definition) is 0. The number of rotatable bonds is 0. The molecule has 2 nitrogen and oxygen atoms in total. The van der Waals surface area contributed by atoms with Crippen LogP contribution in [0.4, 0.5) is 0 Å². The number of piperidine rings is 1. The number of nitrogens with zero attached hydrogens (tertiary/aromatic N) is 1. The average molecular weight is 229 g/mol. The molecule has 0 bridgehead atoms. The Kier molecular flexibility index (Phi) is 8.04. The van der Waals surface area contributed by atoms with Gasteiger partial charge in [0, 0.05) is 19.7 Å². The van der Waals surface area contributed by atoms with Crippen LogP contribution in [0.1, 0.15) is 53.9 Å². The fourth-order valence-electron chi connectivity index (χ4n) is 2.45. The van der Waals surface area contributed by atoms with Gasteiger partial charge in [-0.25, -0.2) is 0 Å². The van der Waals surface area contributed by atoms with E-state index in [1.54, 1.807) is 0 Å². The van der Waals surface area contributed by atoms with Gasteiger partial charge in [-0.1, -0.05) is 34.6 Å². The van der Waals surface area contributed by atoms with Gasteiger partial charge in [-0.3, -0.25) is 0 Å². The number of ether oxygens (including phenoxy) is 1. The molecule has 2 saturated heterocycles. The monoisotopic (exact) mass is 229 g/mol. The summed E-state index contributed by atoms with van der Waals surface area (Å²) in [4.78, 5) is 2.40. The van der Waals surface area contributed by atoms with Crippen LogP contribution in [0, 0.1) is 5.92 Å². The van der Waals surface area contributed by atoms with Crippen LogP contribution in [-0.4, -0.2) is 37.2 Å². The van der Waals surface area contributed by atoms with E-state index in [-0.39, 0.29) is 5.60 Å². The number of hydrogen-bond acceptors (Lipinski definition) is 2. The molecule has 2 rings (SSSR count). The van der Waals surface area contributed by atoms with Gasteiger partial charge in [0.2, 0.25) is 0 Å². The van der Waals surface area contributed by atoms with Gasteiger partial charge in [0.1, 0.15) is 0 Å². The van der Waals surface area contributed by atoms with Crippen LogP contribution >= 0.6 is 0 Å². The van der Waals surface area contributed by atoms with Crippen LogP contribution in [0.2, 0.25) is 0 Å². The van der Waals surface area contributed by atoms with Gasteiger partial charge < -0.3 is 9.64 Å². The van der Waals surface area contributed by atoms with Crippen molar-refractivity contribution in [3.05, 3.63) is 0 Å². The molecule has 0 aliphatic carbocycles. The van der Waals surface area contributed by atoms with Gasteiger partial charge >= 0.3 is 0 Å². The fourth-order valence-corrected chi connectivity index (χ4v) is 2.45. The minimum absolute atomic E-state index is 0.284. The molecule has 2 aliphatic heterocycles. The smallest absolute Gasteiger partial charge is 0.0710 e. The van der Waals surface area contributed by atoms with Crippen molar-refractivity contribution in [3.8, 4) is 0 Å². The Hall–Kier alpha value is -0.0800. The predicted molar refractivity (Wildman–Crippen MR) is 71.9 cm³/mol. The van der Waals surface area contributed by atoms with Gasteiger partial charge in [0.25, 0.3) is 0 Å². The van der Waals surface area contributed by atoms with Crippen molar-refractivity contribution in [1.82, 2.24) is 4.90 Å². The zero-order valence-electron chi connectivity index (χ0n) is 12.2. The Morgan fingerprint density at radius 1 is 1.06 bits per heavy atom. The van der Waals surface area contributed by atoms with Crippen molar-refractivity contribution < 1.29 is 4.74 Å². The van der Waals surface area contributed by atoms with Gasteiger partial charge in [-0.05, 0) is 32.2 Å². The maximum Gasteiger partial charge on any atom is 0.0710 e. The molecule has 2 fully saturated rings. The lowest BCUT2D eigenvalue weighted by Crippen LogP contribution is -2.42. The van der Waals surface area contributed by atoms with Crippen LogP contribution in [0.25, 0.3) is 0 Å². The average Bonchev–Trinajstić information content (AvgIpc) is 2.71. The molecule has 2 aliphatic rings. The molecule has 98 valence electrons. The summed E-state index contributed by atoms with van der Waals surface area (Å²) in [5.41, 5.74) is 0.284. The highest BCUT2D eigenvalue weighted by Gasteiger charge is 2.40. The van der Waals surface area contributed by atoms with E-state index in [1.165, 1.54) is 32.4 Å². The van der Waals surface area contributed by atoms with Crippen molar-refractivity contribution in [1.29, 1.82) is 0 Å². The van der Waals surface area contributed by atoms with Crippen molar-refractivity contribution in [3.63, 3.8) is 0 Å². The summed E-state index contributed by atoms with van der Waals surface area (Å²) < 4.78 is 5.92. The second-order valence-electron chi connectivity index (χ2n) is 4.61. The number of likely N-dealkylation sites (tertiary alicyclic amines) is 1. The molecule has 16 heavy (non-hydrogen) atoms. The highest BCUT2D eigenvalue weighted by atomic mass is 16.5. The summed E-state index contributed by atoms with van der Waals surface area (Å²) in [5.74, 6) is 0.786. The molecule has 1 unspecified atom stereocenters. The van der Waals surface area contributed by atoms with Crippen molar-refractivity contribution in [2.75, 3.05) is 26.7 Å². The Morgan fingerprint density at radius 3 is 1.94 bits per heavy atom. The molecule has 0 aromatic carbocycles. The molecule has 0 N–H and O–H groups in total. The molecule has 0 radical (unpaired) electrons. The van der Waals surface area contributed by atoms with Crippen molar-refractivity contribution in [2.24, 2.45) is 5.92 Å². The third kappa shape index (κ3) is 4.42. The molecule has 1 spiro atoms. The van der Waals surface area contributed by atoms with E-state index in [0.29, 0.717) is 0 Å². The molecule has 0 aromatic heterocycles. The minimum Gasteiger partial charge on any atom is -0.375 e. The van der Waals surface area contributed by atoms with Gasteiger partial charge in [-0.2, -0.15) is 0 Å². The summed E-state index contributed by atoms with van der Waals surface area (Å²) >= 11 is 0. The molecule has 1 atom stereocenters. The predicted octanol–water partition coefficient (Wildman–Crippen LogP) is 3.56. The Morgan fingerprint density at radius 2 is 1.56 bits per heavy atom. The van der Waals surface area contributed by atoms with E-state index in [4.69, 9.17) is 4.74 Å². The Labute approximate surface area is 102 Å². The maximum atomic E-state index is 5.92. The first kappa shape index (κ1) is 15.9. The van der Waals surface area contributed by atoms with Crippen LogP contribution in [0.3, 0.4) is 0 Å². The zero-order chi connectivity index (χ0) is 12.6. The molecule has 0 amide bonds. The molecular weight excluding hydrogens is 198 g/mol. The third-order valence-electron chi connectivity index (χ3n) is 3.29. The minimum atomic E-state index is 0.284. The van der Waals surface area contributed by atoms with Gasteiger partial charge in [0.05, 0.1) is 5.60 Å². The molecule has 0 saturated carbocycles. The summed E-state index contributed by atoms with van der Waals surface area (Å²) in [6.45, 7) is 13.7. The summed E-state index contributed by atoms with van der Waals surface area (Å²) in [7, 11) is 2.20. The maximum absolute atomic E-state index is 5.92. The van der Waals surface area contributed by atoms with Crippen molar-refractivity contribution >= 4 is 0 Å². The summed E-state index contributed by atoms with van der Waals surface area (Å²) in [5, 5.41) is 0. The van der Waals surface area contributed by atoms with Gasteiger partial charge in [-0.15, -0.1) is 0 Å². The van der Waals surface area contributed by atoms with E-state index >= 15 is 0 Å². The van der Waals surface area contributed by atoms with E-state index < -0.39 is 0 Å². The van der Waals surface area contributed by atoms with Crippen molar-refractivity contribution in [2.45, 2.75) is 59.5 Å². The SMILES string of the molecule is CC.CC.CC1COC2(CCN(C)CC2)C1. The normalized spacial score (nSPS) is 27.8. The van der Waals surface area contributed by atoms with E-state index in [1.807, 2.05) is 27.7 Å². The summed E-state index contributed by atoms with van der Waals surface area (Å²) in [6, 6.07) is 0. The first-order valence-electron chi connectivity index (χ1n) is 7.03. The molecule has 2 heteroatoms. The van der Waals surface area contributed by atoms with Crippen LogP contribution in [0.5, 0.6) is 0 Å². The quantitative estimate of drug-likeness (QED) is 0.630. The topological polar surface area (TPSA) is 12.5 Å². The molecular formula is C14H31NO.